The molecule has 36 heavy (non-hydrogen) atoms. The minimum Gasteiger partial charge on any atom is -0.341 e. The number of nitrogens with one attached hydrogen (secondary N) is 2. The van der Waals surface area contributed by atoms with Crippen molar-refractivity contribution < 1.29 is 18.0 Å². The summed E-state index contributed by atoms with van der Waals surface area (Å²) in [6.07, 6.45) is 0.501. The number of sulfonamides is 1. The van der Waals surface area contributed by atoms with E-state index in [-0.39, 0.29) is 28.7 Å². The first-order valence-corrected chi connectivity index (χ1v) is 13.5. The van der Waals surface area contributed by atoms with Crippen molar-refractivity contribution in [1.29, 1.82) is 0 Å². The largest absolute Gasteiger partial charge is 0.341 e. The van der Waals surface area contributed by atoms with Crippen LogP contribution in [0.5, 0.6) is 0 Å². The minimum atomic E-state index is -3.87. The standard InChI is InChI=1S/C27H32N4O4S/c1-17-8-4-5-9-20(17)26(32)29-24-12-13-25(22-11-7-6-10-21(22)24)36(34,35)30-23-14-15-31(16-18(23)2)27(33)19(3)28/h4-13,18-19,23,30H,14-16,28H2,1-3H3,(H,29,32). The third-order valence-corrected chi connectivity index (χ3v) is 8.27. The zero-order chi connectivity index (χ0) is 26.0. The highest BCUT2D eigenvalue weighted by Crippen LogP contribution is 2.31. The molecule has 4 rings (SSSR count). The average Bonchev–Trinajstić information content (AvgIpc) is 2.85. The lowest BCUT2D eigenvalue weighted by Gasteiger charge is -2.37. The lowest BCUT2D eigenvalue weighted by atomic mass is 9.94. The van der Waals surface area contributed by atoms with Crippen LogP contribution in [0.1, 0.15) is 36.2 Å². The predicted molar refractivity (Wildman–Crippen MR) is 141 cm³/mol. The molecule has 1 aliphatic heterocycles. The molecular formula is C27H32N4O4S. The van der Waals surface area contributed by atoms with Gasteiger partial charge < -0.3 is 16.0 Å². The Morgan fingerprint density at radius 1 is 1.03 bits per heavy atom. The Labute approximate surface area is 211 Å². The molecule has 1 heterocycles. The number of nitrogens with zero attached hydrogens (tertiary/aromatic N) is 1. The van der Waals surface area contributed by atoms with Crippen LogP contribution in [-0.2, 0) is 14.8 Å². The molecule has 3 unspecified atom stereocenters. The summed E-state index contributed by atoms with van der Waals surface area (Å²) < 4.78 is 29.8. The van der Waals surface area contributed by atoms with Crippen molar-refractivity contribution in [1.82, 2.24) is 9.62 Å². The second-order valence-corrected chi connectivity index (χ2v) is 11.2. The zero-order valence-corrected chi connectivity index (χ0v) is 21.5. The van der Waals surface area contributed by atoms with E-state index in [9.17, 15) is 18.0 Å². The Bertz CT molecular complexity index is 1400. The van der Waals surface area contributed by atoms with E-state index in [2.05, 4.69) is 10.0 Å². The Hall–Kier alpha value is -3.27. The van der Waals surface area contributed by atoms with Crippen LogP contribution in [0.25, 0.3) is 10.8 Å². The number of aryl methyl sites for hydroxylation is 1. The number of likely N-dealkylation sites (tertiary alicyclic amines) is 1. The van der Waals surface area contributed by atoms with Crippen molar-refractivity contribution in [3.8, 4) is 0 Å². The van der Waals surface area contributed by atoms with E-state index < -0.39 is 16.1 Å². The number of fused-ring (bicyclic) bond motifs is 1. The summed E-state index contributed by atoms with van der Waals surface area (Å²) in [6, 6.07) is 16.7. The van der Waals surface area contributed by atoms with Crippen molar-refractivity contribution in [2.45, 2.75) is 44.2 Å². The van der Waals surface area contributed by atoms with Gasteiger partial charge in [0.2, 0.25) is 15.9 Å². The van der Waals surface area contributed by atoms with Gasteiger partial charge >= 0.3 is 0 Å². The van der Waals surface area contributed by atoms with Crippen molar-refractivity contribution in [2.24, 2.45) is 11.7 Å². The van der Waals surface area contributed by atoms with Crippen LogP contribution in [0.15, 0.2) is 65.6 Å². The van der Waals surface area contributed by atoms with Crippen molar-refractivity contribution in [3.63, 3.8) is 0 Å². The normalized spacial score (nSPS) is 19.2. The van der Waals surface area contributed by atoms with Crippen LogP contribution < -0.4 is 15.8 Å². The lowest BCUT2D eigenvalue weighted by molar-refractivity contribution is -0.134. The summed E-state index contributed by atoms with van der Waals surface area (Å²) in [6.45, 7) is 6.34. The molecule has 4 N–H and O–H groups in total. The minimum absolute atomic E-state index is 0.0739. The third kappa shape index (κ3) is 5.28. The molecule has 3 atom stereocenters. The number of carbonyl (C=O) groups excluding carboxylic acids is 2. The first kappa shape index (κ1) is 25.8. The van der Waals surface area contributed by atoms with Crippen LogP contribution in [0.3, 0.4) is 0 Å². The van der Waals surface area contributed by atoms with Crippen LogP contribution in [0.4, 0.5) is 5.69 Å². The second-order valence-electron chi connectivity index (χ2n) is 9.49. The number of rotatable bonds is 6. The summed E-state index contributed by atoms with van der Waals surface area (Å²) in [7, 11) is -3.87. The van der Waals surface area contributed by atoms with Crippen LogP contribution in [0, 0.1) is 12.8 Å². The van der Waals surface area contributed by atoms with Crippen LogP contribution in [-0.4, -0.2) is 50.3 Å². The number of nitrogens with two attached hydrogens (primary N) is 1. The first-order valence-electron chi connectivity index (χ1n) is 12.0. The van der Waals surface area contributed by atoms with Gasteiger partial charge in [0.15, 0.2) is 0 Å². The molecule has 0 bridgehead atoms. The fourth-order valence-electron chi connectivity index (χ4n) is 4.70. The molecule has 1 aliphatic rings. The molecule has 2 amide bonds. The molecule has 9 heteroatoms. The van der Waals surface area contributed by atoms with E-state index in [0.29, 0.717) is 41.5 Å². The monoisotopic (exact) mass is 508 g/mol. The fourth-order valence-corrected chi connectivity index (χ4v) is 6.29. The number of piperidine rings is 1. The van der Waals surface area contributed by atoms with E-state index in [1.165, 1.54) is 6.07 Å². The number of hydrogen-bond donors (Lipinski definition) is 3. The van der Waals surface area contributed by atoms with E-state index in [1.54, 1.807) is 48.2 Å². The number of amides is 2. The smallest absolute Gasteiger partial charge is 0.255 e. The van der Waals surface area contributed by atoms with E-state index in [4.69, 9.17) is 5.73 Å². The summed E-state index contributed by atoms with van der Waals surface area (Å²) >= 11 is 0. The Morgan fingerprint density at radius 3 is 2.36 bits per heavy atom. The lowest BCUT2D eigenvalue weighted by Crippen LogP contribution is -2.54. The Balaban J connectivity index is 1.58. The molecule has 0 radical (unpaired) electrons. The molecule has 190 valence electrons. The maximum Gasteiger partial charge on any atom is 0.255 e. The van der Waals surface area contributed by atoms with Crippen LogP contribution in [0.2, 0.25) is 0 Å². The second kappa shape index (κ2) is 10.4. The average molecular weight is 509 g/mol. The molecule has 0 aromatic heterocycles. The highest BCUT2D eigenvalue weighted by atomic mass is 32.2. The van der Waals surface area contributed by atoms with Gasteiger partial charge in [-0.15, -0.1) is 0 Å². The Morgan fingerprint density at radius 2 is 1.69 bits per heavy atom. The van der Waals surface area contributed by atoms with E-state index in [0.717, 1.165) is 5.56 Å². The molecule has 1 saturated heterocycles. The van der Waals surface area contributed by atoms with Crippen molar-refractivity contribution in [3.05, 3.63) is 71.8 Å². The summed E-state index contributed by atoms with van der Waals surface area (Å²) in [4.78, 5) is 27.0. The van der Waals surface area contributed by atoms with Gasteiger partial charge in [0.25, 0.3) is 5.91 Å². The summed E-state index contributed by atoms with van der Waals surface area (Å²) in [5, 5.41) is 4.08. The molecular weight excluding hydrogens is 476 g/mol. The number of anilines is 1. The highest BCUT2D eigenvalue weighted by Gasteiger charge is 2.33. The Kier molecular flexibility index (Phi) is 7.44. The topological polar surface area (TPSA) is 122 Å². The van der Waals surface area contributed by atoms with Gasteiger partial charge in [-0.25, -0.2) is 13.1 Å². The molecule has 3 aromatic rings. The van der Waals surface area contributed by atoms with Crippen molar-refractivity contribution in [2.75, 3.05) is 18.4 Å². The van der Waals surface area contributed by atoms with Gasteiger partial charge in [-0.2, -0.15) is 0 Å². The van der Waals surface area contributed by atoms with Gasteiger partial charge in [-0.1, -0.05) is 49.4 Å². The number of benzene rings is 3. The maximum absolute atomic E-state index is 13.5. The molecule has 3 aromatic carbocycles. The SMILES string of the molecule is Cc1ccccc1C(=O)Nc1ccc(S(=O)(=O)NC2CCN(C(=O)C(C)N)CC2C)c2ccccc12. The zero-order valence-electron chi connectivity index (χ0n) is 20.7. The third-order valence-electron chi connectivity index (χ3n) is 6.72. The predicted octanol–water partition coefficient (Wildman–Crippen LogP) is 3.26. The summed E-state index contributed by atoms with van der Waals surface area (Å²) in [5.41, 5.74) is 7.68. The van der Waals surface area contributed by atoms with Gasteiger partial charge in [0.05, 0.1) is 10.9 Å². The van der Waals surface area contributed by atoms with Gasteiger partial charge in [0, 0.05) is 41.2 Å². The first-order chi connectivity index (χ1) is 17.1. The number of carbonyl (C=O) groups is 2. The van der Waals surface area contributed by atoms with E-state index >= 15 is 0 Å². The fraction of sp³-hybridized carbons (Fsp3) is 0.333. The van der Waals surface area contributed by atoms with Crippen LogP contribution >= 0.6 is 0 Å². The molecule has 0 saturated carbocycles. The number of hydrogen-bond acceptors (Lipinski definition) is 5. The van der Waals surface area contributed by atoms with Gasteiger partial charge in [-0.3, -0.25) is 9.59 Å². The molecule has 8 nitrogen and oxygen atoms in total. The van der Waals surface area contributed by atoms with E-state index in [1.807, 2.05) is 32.0 Å². The quantitative estimate of drug-likeness (QED) is 0.472. The van der Waals surface area contributed by atoms with Crippen molar-refractivity contribution >= 4 is 38.3 Å². The maximum atomic E-state index is 13.5. The molecule has 0 spiro atoms. The summed E-state index contributed by atoms with van der Waals surface area (Å²) in [5.74, 6) is -0.457. The van der Waals surface area contributed by atoms with Gasteiger partial charge in [0.1, 0.15) is 0 Å². The molecule has 0 aliphatic carbocycles. The highest BCUT2D eigenvalue weighted by molar-refractivity contribution is 7.89. The molecule has 1 fully saturated rings. The van der Waals surface area contributed by atoms with Gasteiger partial charge in [-0.05, 0) is 49.9 Å².